The number of rotatable bonds is 4. The average Bonchev–Trinajstić information content (AvgIpc) is 3.43. The molecule has 2 N–H and O–H groups in total. The van der Waals surface area contributed by atoms with Gasteiger partial charge in [-0.1, -0.05) is 24.3 Å². The Labute approximate surface area is 164 Å². The second kappa shape index (κ2) is 10.1. The lowest BCUT2D eigenvalue weighted by atomic mass is 10.2. The summed E-state index contributed by atoms with van der Waals surface area (Å²) in [5, 5.41) is 7.82. The Morgan fingerprint density at radius 2 is 1.08 bits per heavy atom. The van der Waals surface area contributed by atoms with E-state index in [4.69, 9.17) is 9.47 Å². The van der Waals surface area contributed by atoms with E-state index in [-0.39, 0.29) is 0 Å². The molecule has 0 bridgehead atoms. The molecule has 2 aliphatic heterocycles. The van der Waals surface area contributed by atoms with Crippen molar-refractivity contribution in [2.45, 2.75) is 10.7 Å². The van der Waals surface area contributed by atoms with Crippen LogP contribution in [0.5, 0.6) is 11.5 Å². The van der Waals surface area contributed by atoms with Crippen molar-refractivity contribution in [3.63, 3.8) is 0 Å². The molecule has 26 heavy (non-hydrogen) atoms. The van der Waals surface area contributed by atoms with Gasteiger partial charge < -0.3 is 20.1 Å². The minimum Gasteiger partial charge on any atom is -0.497 e. The van der Waals surface area contributed by atoms with Gasteiger partial charge in [0.2, 0.25) is 0 Å². The van der Waals surface area contributed by atoms with Crippen LogP contribution in [0.3, 0.4) is 0 Å². The topological polar surface area (TPSA) is 42.5 Å². The molecule has 0 radical (unpaired) electrons. The Bertz CT molecular complexity index is 593. The maximum atomic E-state index is 5.10. The van der Waals surface area contributed by atoms with E-state index in [1.54, 1.807) is 14.2 Å². The summed E-state index contributed by atoms with van der Waals surface area (Å²) in [7, 11) is 3.38. The first kappa shape index (κ1) is 19.4. The van der Waals surface area contributed by atoms with Crippen LogP contribution < -0.4 is 20.1 Å². The molecule has 2 aromatic carbocycles. The fourth-order valence-electron chi connectivity index (χ4n) is 2.84. The predicted octanol–water partition coefficient (Wildman–Crippen LogP) is 4.06. The number of methoxy groups -OCH3 is 2. The molecule has 2 fully saturated rings. The molecule has 0 spiro atoms. The van der Waals surface area contributed by atoms with E-state index in [0.717, 1.165) is 24.6 Å². The number of nitrogens with one attached hydrogen (secondary N) is 2. The molecule has 140 valence electrons. The monoisotopic (exact) mass is 390 g/mol. The molecule has 2 aromatic rings. The molecule has 0 aromatic heterocycles. The first-order valence-corrected chi connectivity index (χ1v) is 10.9. The van der Waals surface area contributed by atoms with Gasteiger partial charge in [-0.05, 0) is 35.4 Å². The molecule has 0 amide bonds. The van der Waals surface area contributed by atoms with Gasteiger partial charge in [-0.3, -0.25) is 0 Å². The molecule has 4 rings (SSSR count). The highest BCUT2D eigenvalue weighted by molar-refractivity contribution is 8.00. The van der Waals surface area contributed by atoms with E-state index in [0.29, 0.717) is 10.7 Å². The molecule has 4 nitrogen and oxygen atoms in total. The third-order valence-electron chi connectivity index (χ3n) is 4.27. The zero-order chi connectivity index (χ0) is 18.2. The highest BCUT2D eigenvalue weighted by Gasteiger charge is 2.16. The first-order chi connectivity index (χ1) is 12.8. The summed E-state index contributed by atoms with van der Waals surface area (Å²) in [5.41, 5.74) is 2.67. The second-order valence-electron chi connectivity index (χ2n) is 5.96. The van der Waals surface area contributed by atoms with Gasteiger partial charge in [0.25, 0.3) is 0 Å². The van der Waals surface area contributed by atoms with Crippen LogP contribution >= 0.6 is 23.5 Å². The number of hydrogen-bond donors (Lipinski definition) is 2. The fourth-order valence-corrected chi connectivity index (χ4v) is 4.95. The predicted molar refractivity (Wildman–Crippen MR) is 112 cm³/mol. The third-order valence-corrected chi connectivity index (χ3v) is 6.69. The van der Waals surface area contributed by atoms with Gasteiger partial charge in [0, 0.05) is 24.6 Å². The summed E-state index contributed by atoms with van der Waals surface area (Å²) >= 11 is 3.91. The first-order valence-electron chi connectivity index (χ1n) is 8.78. The van der Waals surface area contributed by atoms with Crippen molar-refractivity contribution in [2.24, 2.45) is 0 Å². The standard InChI is InChI=1S/2C10H13NOS/c2*1-12-9-4-2-8(3-5-9)10-11-6-7-13-10/h2*2-5,10-11H,6-7H2,1H3. The minimum atomic E-state index is 0.478. The van der Waals surface area contributed by atoms with Gasteiger partial charge in [-0.25, -0.2) is 0 Å². The van der Waals surface area contributed by atoms with Gasteiger partial charge in [0.1, 0.15) is 11.5 Å². The summed E-state index contributed by atoms with van der Waals surface area (Å²) in [4.78, 5) is 0. The maximum absolute atomic E-state index is 5.10. The Morgan fingerprint density at radius 1 is 0.692 bits per heavy atom. The molecular weight excluding hydrogens is 364 g/mol. The quantitative estimate of drug-likeness (QED) is 0.821. The van der Waals surface area contributed by atoms with E-state index in [2.05, 4.69) is 34.9 Å². The fraction of sp³-hybridized carbons (Fsp3) is 0.400. The van der Waals surface area contributed by atoms with Gasteiger partial charge in [-0.15, -0.1) is 23.5 Å². The van der Waals surface area contributed by atoms with Crippen molar-refractivity contribution in [3.05, 3.63) is 59.7 Å². The Morgan fingerprint density at radius 3 is 1.35 bits per heavy atom. The molecule has 2 aliphatic rings. The number of thioether (sulfide) groups is 2. The summed E-state index contributed by atoms with van der Waals surface area (Å²) in [6.45, 7) is 2.22. The molecule has 2 saturated heterocycles. The van der Waals surface area contributed by atoms with Gasteiger partial charge in [0.05, 0.1) is 25.0 Å². The Hall–Kier alpha value is -1.34. The summed E-state index contributed by atoms with van der Waals surface area (Å²) in [6, 6.07) is 16.5. The summed E-state index contributed by atoms with van der Waals surface area (Å²) in [6.07, 6.45) is 0. The maximum Gasteiger partial charge on any atom is 0.118 e. The molecule has 0 saturated carbocycles. The van der Waals surface area contributed by atoms with Crippen molar-refractivity contribution in [1.82, 2.24) is 10.6 Å². The van der Waals surface area contributed by atoms with Gasteiger partial charge in [-0.2, -0.15) is 0 Å². The lowest BCUT2D eigenvalue weighted by Gasteiger charge is -2.09. The van der Waals surface area contributed by atoms with Crippen LogP contribution in [0.15, 0.2) is 48.5 Å². The smallest absolute Gasteiger partial charge is 0.118 e. The van der Waals surface area contributed by atoms with Crippen LogP contribution in [0, 0.1) is 0 Å². The van der Waals surface area contributed by atoms with Crippen molar-refractivity contribution in [3.8, 4) is 11.5 Å². The van der Waals surface area contributed by atoms with Crippen LogP contribution in [-0.2, 0) is 0 Å². The van der Waals surface area contributed by atoms with Crippen LogP contribution in [0.25, 0.3) is 0 Å². The molecule has 2 heterocycles. The highest BCUT2D eigenvalue weighted by atomic mass is 32.2. The van der Waals surface area contributed by atoms with Gasteiger partial charge in [0.15, 0.2) is 0 Å². The van der Waals surface area contributed by atoms with E-state index in [1.807, 2.05) is 47.8 Å². The number of benzene rings is 2. The normalized spacial score (nSPS) is 21.8. The zero-order valence-electron chi connectivity index (χ0n) is 15.2. The van der Waals surface area contributed by atoms with E-state index in [1.165, 1.54) is 22.6 Å². The number of ether oxygens (including phenoxy) is 2. The van der Waals surface area contributed by atoms with E-state index >= 15 is 0 Å². The Kier molecular flexibility index (Phi) is 7.55. The van der Waals surface area contributed by atoms with Crippen molar-refractivity contribution in [1.29, 1.82) is 0 Å². The van der Waals surface area contributed by atoms with Crippen LogP contribution in [-0.4, -0.2) is 38.8 Å². The van der Waals surface area contributed by atoms with Crippen molar-refractivity contribution in [2.75, 3.05) is 38.8 Å². The molecule has 2 atom stereocenters. The van der Waals surface area contributed by atoms with Gasteiger partial charge >= 0.3 is 0 Å². The van der Waals surface area contributed by atoms with Crippen LogP contribution in [0.1, 0.15) is 21.9 Å². The number of hydrogen-bond acceptors (Lipinski definition) is 6. The van der Waals surface area contributed by atoms with E-state index in [9.17, 15) is 0 Å². The summed E-state index contributed by atoms with van der Waals surface area (Å²) < 4.78 is 10.2. The zero-order valence-corrected chi connectivity index (χ0v) is 16.9. The molecule has 0 aliphatic carbocycles. The third kappa shape index (κ3) is 5.33. The second-order valence-corrected chi connectivity index (χ2v) is 8.38. The van der Waals surface area contributed by atoms with E-state index < -0.39 is 0 Å². The lowest BCUT2D eigenvalue weighted by Crippen LogP contribution is -2.11. The Balaban J connectivity index is 0.000000151. The lowest BCUT2D eigenvalue weighted by molar-refractivity contribution is 0.414. The minimum absolute atomic E-state index is 0.478. The van der Waals surface area contributed by atoms with Crippen LogP contribution in [0.4, 0.5) is 0 Å². The highest BCUT2D eigenvalue weighted by Crippen LogP contribution is 2.31. The summed E-state index contributed by atoms with van der Waals surface area (Å²) in [5.74, 6) is 4.26. The average molecular weight is 391 g/mol. The molecular formula is C20H26N2O2S2. The van der Waals surface area contributed by atoms with Crippen molar-refractivity contribution < 1.29 is 9.47 Å². The largest absolute Gasteiger partial charge is 0.497 e. The molecule has 6 heteroatoms. The van der Waals surface area contributed by atoms with Crippen LogP contribution in [0.2, 0.25) is 0 Å². The SMILES string of the molecule is COc1ccc(C2NCCS2)cc1.COc1ccc(C2NCCS2)cc1. The van der Waals surface area contributed by atoms with Crippen molar-refractivity contribution >= 4 is 23.5 Å². The molecule has 2 unspecified atom stereocenters.